The molecule has 110 valence electrons. The molecule has 0 aliphatic carbocycles. The second-order valence-corrected chi connectivity index (χ2v) is 4.60. The van der Waals surface area contributed by atoms with Gasteiger partial charge in [-0.3, -0.25) is 9.59 Å². The molecule has 0 saturated heterocycles. The molecule has 0 spiro atoms. The van der Waals surface area contributed by atoms with Gasteiger partial charge in [-0.15, -0.1) is 0 Å². The molecule has 1 atom stereocenters. The van der Waals surface area contributed by atoms with E-state index in [2.05, 4.69) is 4.74 Å². The number of likely N-dealkylation sites (N-methyl/N-ethyl adjacent to an activating group) is 1. The monoisotopic (exact) mass is 318 g/mol. The van der Waals surface area contributed by atoms with Gasteiger partial charge in [-0.1, -0.05) is 0 Å². The number of carbonyl (C=O) groups excluding carboxylic acids is 1. The number of aliphatic hydroxyl groups excluding tert-OH is 1. The molecule has 0 heterocycles. The Labute approximate surface area is 147 Å². The molecule has 8 nitrogen and oxygen atoms in total. The number of aliphatic hydroxyl groups is 1. The van der Waals surface area contributed by atoms with Gasteiger partial charge in [-0.05, 0) is 0 Å². The summed E-state index contributed by atoms with van der Waals surface area (Å²) in [6, 6.07) is 0. The predicted molar refractivity (Wildman–Crippen MR) is 70.8 cm³/mol. The van der Waals surface area contributed by atoms with Crippen LogP contribution in [0.2, 0.25) is 0 Å². The third-order valence-corrected chi connectivity index (χ3v) is 1.51. The van der Waals surface area contributed by atoms with Gasteiger partial charge in [0.25, 0.3) is 6.47 Å². The standard InChI is InChI=1S/C7H15NO3.C4H4O4.Ca/c1-8(2,3)5-6(9)4-7(10)11;5-3-8-2-1-4(6)7;/h6,9H,4-5H2,1-3H3;1-3H,(H,6,7);/q;;+2/p+1/b;2-1+;/t6-;;/m0../s1. The number of nitrogens with zero attached hydrogens (tertiary/aromatic N) is 1. The summed E-state index contributed by atoms with van der Waals surface area (Å²) in [6.07, 6.45) is 0.590. The van der Waals surface area contributed by atoms with E-state index in [0.29, 0.717) is 17.1 Å². The van der Waals surface area contributed by atoms with Gasteiger partial charge in [0.15, 0.2) is 0 Å². The van der Waals surface area contributed by atoms with Crippen LogP contribution in [0.15, 0.2) is 12.3 Å². The molecule has 0 aromatic rings. The summed E-state index contributed by atoms with van der Waals surface area (Å²) >= 11 is 0. The van der Waals surface area contributed by atoms with Crippen LogP contribution in [0.5, 0.6) is 0 Å². The number of carbonyl (C=O) groups is 3. The van der Waals surface area contributed by atoms with Crippen molar-refractivity contribution in [3.05, 3.63) is 12.3 Å². The van der Waals surface area contributed by atoms with E-state index in [0.717, 1.165) is 6.26 Å². The van der Waals surface area contributed by atoms with Gasteiger partial charge in [0.05, 0.1) is 33.6 Å². The van der Waals surface area contributed by atoms with Crippen molar-refractivity contribution in [1.82, 2.24) is 0 Å². The smallest absolute Gasteiger partial charge is 0.481 e. The van der Waals surface area contributed by atoms with E-state index in [1.54, 1.807) is 0 Å². The number of ether oxygens (including phenoxy) is 1. The first-order valence-electron chi connectivity index (χ1n) is 5.27. The molecular formula is C11H20CaNO7+3. The van der Waals surface area contributed by atoms with Crippen molar-refractivity contribution in [3.63, 3.8) is 0 Å². The molecule has 0 fully saturated rings. The number of hydrogen-bond acceptors (Lipinski definition) is 5. The summed E-state index contributed by atoms with van der Waals surface area (Å²) in [4.78, 5) is 29.0. The average Bonchev–Trinajstić information content (AvgIpc) is 2.13. The van der Waals surface area contributed by atoms with Crippen molar-refractivity contribution < 1.29 is 38.9 Å². The normalized spacial score (nSPS) is 11.6. The Balaban J connectivity index is -0.000000288. The Morgan fingerprint density at radius 1 is 1.25 bits per heavy atom. The molecule has 0 aliphatic rings. The summed E-state index contributed by atoms with van der Waals surface area (Å²) in [6.45, 7) is 0.603. The molecule has 0 unspecified atom stereocenters. The molecule has 0 amide bonds. The number of quaternary nitrogens is 1. The topological polar surface area (TPSA) is 121 Å². The molecule has 20 heavy (non-hydrogen) atoms. The van der Waals surface area contributed by atoms with E-state index < -0.39 is 18.0 Å². The second-order valence-electron chi connectivity index (χ2n) is 4.60. The zero-order valence-corrected chi connectivity index (χ0v) is 14.1. The maximum absolute atomic E-state index is 10.1. The first-order valence-corrected chi connectivity index (χ1v) is 5.27. The number of hydrogen-bond donors (Lipinski definition) is 3. The molecule has 3 N–H and O–H groups in total. The molecule has 0 aliphatic heterocycles. The van der Waals surface area contributed by atoms with E-state index in [1.165, 1.54) is 0 Å². The quantitative estimate of drug-likeness (QED) is 0.179. The van der Waals surface area contributed by atoms with Crippen LogP contribution in [-0.4, -0.2) is 110 Å². The summed E-state index contributed by atoms with van der Waals surface area (Å²) < 4.78 is 4.48. The second kappa shape index (κ2) is 13.3. The third kappa shape index (κ3) is 26.0. The van der Waals surface area contributed by atoms with E-state index >= 15 is 0 Å². The van der Waals surface area contributed by atoms with Crippen LogP contribution in [0.25, 0.3) is 0 Å². The molecule has 0 saturated carbocycles. The Morgan fingerprint density at radius 2 is 1.75 bits per heavy atom. The minimum Gasteiger partial charge on any atom is -0.481 e. The molecule has 0 aromatic carbocycles. The maximum atomic E-state index is 10.1. The largest absolute Gasteiger partial charge is 2.00 e. The summed E-state index contributed by atoms with van der Waals surface area (Å²) in [5.74, 6) is -2.10. The predicted octanol–water partition coefficient (Wildman–Crippen LogP) is -1.09. The van der Waals surface area contributed by atoms with Gasteiger partial charge >= 0.3 is 49.7 Å². The van der Waals surface area contributed by atoms with Crippen molar-refractivity contribution >= 4 is 56.1 Å². The van der Waals surface area contributed by atoms with Crippen LogP contribution < -0.4 is 0 Å². The Hall–Kier alpha value is -0.670. The molecule has 0 radical (unpaired) electrons. The summed E-state index contributed by atoms with van der Waals surface area (Å²) in [5, 5.41) is 25.3. The van der Waals surface area contributed by atoms with E-state index in [1.807, 2.05) is 21.1 Å². The number of carboxylic acid groups (broad SMARTS) is 2. The third-order valence-electron chi connectivity index (χ3n) is 1.51. The average molecular weight is 318 g/mol. The van der Waals surface area contributed by atoms with Crippen LogP contribution in [0.1, 0.15) is 6.42 Å². The zero-order valence-electron chi connectivity index (χ0n) is 11.9. The molecule has 9 heteroatoms. The van der Waals surface area contributed by atoms with Crippen LogP contribution in [0, 0.1) is 0 Å². The zero-order chi connectivity index (χ0) is 15.5. The van der Waals surface area contributed by atoms with Crippen molar-refractivity contribution in [3.8, 4) is 0 Å². The van der Waals surface area contributed by atoms with E-state index in [9.17, 15) is 14.4 Å². The fourth-order valence-corrected chi connectivity index (χ4v) is 1.03. The first kappa shape index (κ1) is 24.4. The minimum absolute atomic E-state index is 0. The number of rotatable bonds is 7. The van der Waals surface area contributed by atoms with Gasteiger partial charge < -0.3 is 24.5 Å². The molecular weight excluding hydrogens is 298 g/mol. The maximum Gasteiger partial charge on any atom is 2.00 e. The Kier molecular flexibility index (Phi) is 16.2. The summed E-state index contributed by atoms with van der Waals surface area (Å²) in [7, 11) is 5.72. The molecule has 0 rings (SSSR count). The fraction of sp³-hybridized carbons (Fsp3) is 0.545. The van der Waals surface area contributed by atoms with Crippen LogP contribution in [0.4, 0.5) is 0 Å². The van der Waals surface area contributed by atoms with Gasteiger partial charge in [-0.25, -0.2) is 4.79 Å². The summed E-state index contributed by atoms with van der Waals surface area (Å²) in [5.41, 5.74) is 0. The van der Waals surface area contributed by atoms with E-state index in [-0.39, 0.29) is 50.6 Å². The van der Waals surface area contributed by atoms with E-state index in [4.69, 9.17) is 15.3 Å². The van der Waals surface area contributed by atoms with Gasteiger partial charge in [0.2, 0.25) is 0 Å². The number of carboxylic acids is 2. The minimum atomic E-state index is -1.15. The van der Waals surface area contributed by atoms with Crippen molar-refractivity contribution in [1.29, 1.82) is 0 Å². The number of aliphatic carboxylic acids is 2. The molecule has 0 bridgehead atoms. The Morgan fingerprint density at radius 3 is 2.05 bits per heavy atom. The van der Waals surface area contributed by atoms with Crippen LogP contribution >= 0.6 is 0 Å². The van der Waals surface area contributed by atoms with Gasteiger partial charge in [0.1, 0.15) is 18.9 Å². The van der Waals surface area contributed by atoms with Crippen molar-refractivity contribution in [2.24, 2.45) is 0 Å². The van der Waals surface area contributed by atoms with Gasteiger partial charge in [-0.2, -0.15) is 0 Å². The van der Waals surface area contributed by atoms with Crippen molar-refractivity contribution in [2.75, 3.05) is 27.7 Å². The molecule has 0 aromatic heterocycles. The Bertz CT molecular complexity index is 325. The first-order chi connectivity index (χ1) is 8.58. The van der Waals surface area contributed by atoms with Crippen LogP contribution in [-0.2, 0) is 19.1 Å². The van der Waals surface area contributed by atoms with Gasteiger partial charge in [0, 0.05) is 0 Å². The van der Waals surface area contributed by atoms with Crippen LogP contribution in [0.3, 0.4) is 0 Å². The SMILES string of the molecule is C[N+](C)(C)C[C@@H](O)CC(=O)O.O=CO/C=C/C(=O)O.[Ca+2]. The fourth-order valence-electron chi connectivity index (χ4n) is 1.03. The van der Waals surface area contributed by atoms with Crippen molar-refractivity contribution in [2.45, 2.75) is 12.5 Å².